The summed E-state index contributed by atoms with van der Waals surface area (Å²) < 4.78 is 4.30. The fraction of sp³-hybridized carbons (Fsp3) is 0.750. The molecule has 0 aromatic carbocycles. The van der Waals surface area contributed by atoms with Gasteiger partial charge in [-0.1, -0.05) is 12.8 Å². The maximum atomic E-state index is 5.92. The van der Waals surface area contributed by atoms with Gasteiger partial charge in [0.05, 0.1) is 4.90 Å². The van der Waals surface area contributed by atoms with Gasteiger partial charge in [0.1, 0.15) is 5.00 Å². The molecule has 5 heteroatoms. The Morgan fingerprint density at radius 1 is 1.35 bits per heavy atom. The number of aromatic nitrogens is 1. The third kappa shape index (κ3) is 1.93. The van der Waals surface area contributed by atoms with Crippen LogP contribution in [0.5, 0.6) is 0 Å². The fourth-order valence-corrected chi connectivity index (χ4v) is 5.03. The van der Waals surface area contributed by atoms with Gasteiger partial charge in [-0.3, -0.25) is 0 Å². The zero-order chi connectivity index (χ0) is 11.9. The number of nitrogens with zero attached hydrogens (tertiary/aromatic N) is 2. The van der Waals surface area contributed by atoms with Gasteiger partial charge in [-0.05, 0) is 42.5 Å². The Balaban J connectivity index is 1.81. The number of hydrogen-bond acceptors (Lipinski definition) is 5. The van der Waals surface area contributed by atoms with Crippen molar-refractivity contribution in [2.24, 2.45) is 5.41 Å². The number of nitrogen functional groups attached to an aromatic ring is 1. The Hall–Kier alpha value is -0.420. The first-order valence-electron chi connectivity index (χ1n) is 6.28. The van der Waals surface area contributed by atoms with Gasteiger partial charge in [0.15, 0.2) is 5.82 Å². The van der Waals surface area contributed by atoms with Gasteiger partial charge in [-0.2, -0.15) is 4.37 Å². The van der Waals surface area contributed by atoms with Gasteiger partial charge in [0.2, 0.25) is 0 Å². The van der Waals surface area contributed by atoms with Crippen molar-refractivity contribution in [2.75, 3.05) is 30.0 Å². The minimum atomic E-state index is 0.619. The molecular weight excluding hydrogens is 250 g/mol. The van der Waals surface area contributed by atoms with Crippen molar-refractivity contribution in [3.05, 3.63) is 0 Å². The molecule has 3 nitrogen and oxygen atoms in total. The van der Waals surface area contributed by atoms with E-state index in [0.717, 1.165) is 0 Å². The third-order valence-electron chi connectivity index (χ3n) is 4.25. The van der Waals surface area contributed by atoms with Crippen LogP contribution < -0.4 is 10.6 Å². The van der Waals surface area contributed by atoms with Gasteiger partial charge >= 0.3 is 0 Å². The van der Waals surface area contributed by atoms with Crippen molar-refractivity contribution in [1.29, 1.82) is 0 Å². The lowest BCUT2D eigenvalue weighted by molar-refractivity contribution is 0.341. The summed E-state index contributed by atoms with van der Waals surface area (Å²) in [6.45, 7) is 2.41. The molecule has 1 saturated carbocycles. The van der Waals surface area contributed by atoms with E-state index in [1.165, 1.54) is 55.1 Å². The normalized spacial score (nSPS) is 22.8. The zero-order valence-electron chi connectivity index (χ0n) is 10.2. The number of hydrogen-bond donors (Lipinski definition) is 1. The van der Waals surface area contributed by atoms with E-state index in [-0.39, 0.29) is 0 Å². The molecule has 1 saturated heterocycles. The van der Waals surface area contributed by atoms with Crippen LogP contribution in [0.25, 0.3) is 0 Å². The van der Waals surface area contributed by atoms with E-state index in [0.29, 0.717) is 11.2 Å². The highest BCUT2D eigenvalue weighted by molar-refractivity contribution is 7.99. The summed E-state index contributed by atoms with van der Waals surface area (Å²) in [6, 6.07) is 0. The van der Waals surface area contributed by atoms with Crippen LogP contribution in [-0.4, -0.2) is 23.7 Å². The van der Waals surface area contributed by atoms with Crippen LogP contribution in [0.4, 0.5) is 10.8 Å². The highest BCUT2D eigenvalue weighted by Crippen LogP contribution is 2.48. The lowest BCUT2D eigenvalue weighted by Gasteiger charge is -2.24. The summed E-state index contributed by atoms with van der Waals surface area (Å²) in [6.07, 6.45) is 9.14. The van der Waals surface area contributed by atoms with Crippen molar-refractivity contribution < 1.29 is 0 Å². The lowest BCUT2D eigenvalue weighted by Crippen LogP contribution is -2.24. The highest BCUT2D eigenvalue weighted by atomic mass is 32.2. The van der Waals surface area contributed by atoms with Crippen LogP contribution in [0.1, 0.15) is 32.1 Å². The molecule has 0 amide bonds. The molecule has 2 heterocycles. The minimum absolute atomic E-state index is 0.619. The Kier molecular flexibility index (Phi) is 2.99. The first-order valence-corrected chi connectivity index (χ1v) is 8.28. The van der Waals surface area contributed by atoms with Gasteiger partial charge in [0.25, 0.3) is 0 Å². The van der Waals surface area contributed by atoms with E-state index < -0.39 is 0 Å². The summed E-state index contributed by atoms with van der Waals surface area (Å²) >= 11 is 3.30. The molecule has 2 N–H and O–H groups in total. The molecule has 2 aliphatic rings. The first kappa shape index (κ1) is 11.7. The fourth-order valence-electron chi connectivity index (χ4n) is 3.32. The number of anilines is 2. The Labute approximate surface area is 111 Å². The topological polar surface area (TPSA) is 42.1 Å². The van der Waals surface area contributed by atoms with Crippen molar-refractivity contribution in [2.45, 2.75) is 37.0 Å². The SMILES string of the molecule is CSc1c(N)nsc1N1CCC2(CCCC2)C1. The van der Waals surface area contributed by atoms with Gasteiger partial charge in [0, 0.05) is 13.1 Å². The van der Waals surface area contributed by atoms with Crippen LogP contribution in [0.3, 0.4) is 0 Å². The molecule has 1 aliphatic heterocycles. The Bertz CT molecular complexity index is 410. The van der Waals surface area contributed by atoms with Crippen LogP contribution in [0.15, 0.2) is 4.90 Å². The molecule has 0 radical (unpaired) electrons. The molecule has 1 spiro atoms. The third-order valence-corrected chi connectivity index (χ3v) is 6.11. The monoisotopic (exact) mass is 269 g/mol. The molecule has 1 aliphatic carbocycles. The Morgan fingerprint density at radius 3 is 2.82 bits per heavy atom. The number of nitrogens with two attached hydrogens (primary N) is 1. The van der Waals surface area contributed by atoms with E-state index in [1.54, 1.807) is 23.3 Å². The van der Waals surface area contributed by atoms with Crippen LogP contribution in [0, 0.1) is 5.41 Å². The zero-order valence-corrected chi connectivity index (χ0v) is 11.9. The van der Waals surface area contributed by atoms with Crippen molar-refractivity contribution in [1.82, 2.24) is 4.37 Å². The van der Waals surface area contributed by atoms with Crippen molar-refractivity contribution in [3.63, 3.8) is 0 Å². The minimum Gasteiger partial charge on any atom is -0.382 e. The molecule has 1 aromatic heterocycles. The summed E-state index contributed by atoms with van der Waals surface area (Å²) in [5, 5.41) is 1.30. The summed E-state index contributed by atoms with van der Waals surface area (Å²) in [5.74, 6) is 0.713. The van der Waals surface area contributed by atoms with Crippen LogP contribution in [-0.2, 0) is 0 Å². The predicted octanol–water partition coefficient (Wildman–Crippen LogP) is 3.22. The van der Waals surface area contributed by atoms with E-state index in [9.17, 15) is 0 Å². The smallest absolute Gasteiger partial charge is 0.153 e. The second-order valence-electron chi connectivity index (χ2n) is 5.28. The molecule has 0 bridgehead atoms. The molecule has 0 atom stereocenters. The summed E-state index contributed by atoms with van der Waals surface area (Å²) in [7, 11) is 0. The molecule has 3 rings (SSSR count). The van der Waals surface area contributed by atoms with Crippen LogP contribution >= 0.6 is 23.3 Å². The van der Waals surface area contributed by atoms with Crippen molar-refractivity contribution in [3.8, 4) is 0 Å². The van der Waals surface area contributed by atoms with E-state index in [1.807, 2.05) is 0 Å². The lowest BCUT2D eigenvalue weighted by atomic mass is 9.86. The van der Waals surface area contributed by atoms with Gasteiger partial charge in [-0.25, -0.2) is 0 Å². The van der Waals surface area contributed by atoms with Crippen molar-refractivity contribution >= 4 is 34.1 Å². The largest absolute Gasteiger partial charge is 0.382 e. The standard InChI is InChI=1S/C12H19N3S2/c1-16-9-10(13)14-17-11(9)15-7-6-12(8-15)4-2-3-5-12/h2-8H2,1H3,(H2,13,14). The number of rotatable bonds is 2. The second-order valence-corrected chi connectivity index (χ2v) is 6.85. The maximum absolute atomic E-state index is 5.92. The molecule has 1 aromatic rings. The number of thioether (sulfide) groups is 1. The first-order chi connectivity index (χ1) is 8.24. The van der Waals surface area contributed by atoms with Crippen LogP contribution in [0.2, 0.25) is 0 Å². The van der Waals surface area contributed by atoms with E-state index in [2.05, 4.69) is 15.5 Å². The average molecular weight is 269 g/mol. The average Bonchev–Trinajstić information content (AvgIpc) is 3.01. The molecule has 17 heavy (non-hydrogen) atoms. The van der Waals surface area contributed by atoms with Gasteiger partial charge < -0.3 is 10.6 Å². The summed E-state index contributed by atoms with van der Waals surface area (Å²) in [4.78, 5) is 3.70. The quantitative estimate of drug-likeness (QED) is 0.837. The second kappa shape index (κ2) is 4.35. The molecular formula is C12H19N3S2. The maximum Gasteiger partial charge on any atom is 0.153 e. The molecule has 94 valence electrons. The summed E-state index contributed by atoms with van der Waals surface area (Å²) in [5.41, 5.74) is 6.54. The molecule has 2 fully saturated rings. The predicted molar refractivity (Wildman–Crippen MR) is 76.0 cm³/mol. The Morgan fingerprint density at radius 2 is 2.12 bits per heavy atom. The van der Waals surface area contributed by atoms with Gasteiger partial charge in [-0.15, -0.1) is 11.8 Å². The highest BCUT2D eigenvalue weighted by Gasteiger charge is 2.41. The van der Waals surface area contributed by atoms with E-state index in [4.69, 9.17) is 5.73 Å². The van der Waals surface area contributed by atoms with E-state index >= 15 is 0 Å². The molecule has 0 unspecified atom stereocenters.